The summed E-state index contributed by atoms with van der Waals surface area (Å²) >= 11 is 0. The van der Waals surface area contributed by atoms with E-state index in [1.807, 2.05) is 13.8 Å². The summed E-state index contributed by atoms with van der Waals surface area (Å²) in [7, 11) is 1.31. The zero-order valence-corrected chi connectivity index (χ0v) is 13.5. The molecule has 7 nitrogen and oxygen atoms in total. The van der Waals surface area contributed by atoms with Gasteiger partial charge in [0.05, 0.1) is 18.9 Å². The molecule has 0 aliphatic carbocycles. The predicted octanol–water partition coefficient (Wildman–Crippen LogP) is 1.09. The molecular weight excluding hydrogens is 298 g/mol. The largest absolute Gasteiger partial charge is 0.465 e. The van der Waals surface area contributed by atoms with E-state index in [1.54, 1.807) is 24.3 Å². The van der Waals surface area contributed by atoms with Gasteiger partial charge in [0.25, 0.3) is 0 Å². The highest BCUT2D eigenvalue weighted by atomic mass is 16.5. The van der Waals surface area contributed by atoms with Gasteiger partial charge in [0.1, 0.15) is 6.42 Å². The van der Waals surface area contributed by atoms with Crippen LogP contribution < -0.4 is 10.7 Å². The van der Waals surface area contributed by atoms with Crippen LogP contribution in [0.2, 0.25) is 0 Å². The Bertz CT molecular complexity index is 579. The number of ether oxygens (including phenoxy) is 1. The lowest BCUT2D eigenvalue weighted by Gasteiger charge is -2.06. The van der Waals surface area contributed by atoms with Crippen LogP contribution >= 0.6 is 0 Å². The average molecular weight is 319 g/mol. The lowest BCUT2D eigenvalue weighted by atomic mass is 10.1. The molecule has 2 amide bonds. The van der Waals surface area contributed by atoms with Gasteiger partial charge in [-0.2, -0.15) is 5.10 Å². The van der Waals surface area contributed by atoms with Crippen molar-refractivity contribution in [2.75, 3.05) is 13.7 Å². The van der Waals surface area contributed by atoms with E-state index in [0.717, 1.165) is 0 Å². The van der Waals surface area contributed by atoms with E-state index in [-0.39, 0.29) is 12.3 Å². The van der Waals surface area contributed by atoms with Crippen LogP contribution in [0.25, 0.3) is 0 Å². The Morgan fingerprint density at radius 1 is 1.17 bits per heavy atom. The second-order valence-corrected chi connectivity index (χ2v) is 5.28. The van der Waals surface area contributed by atoms with Gasteiger partial charge in [0, 0.05) is 6.54 Å². The predicted molar refractivity (Wildman–Crippen MR) is 86.0 cm³/mol. The molecule has 0 aromatic heterocycles. The molecule has 0 saturated carbocycles. The molecule has 0 unspecified atom stereocenters. The third-order valence-electron chi connectivity index (χ3n) is 2.76. The van der Waals surface area contributed by atoms with Crippen LogP contribution in [0, 0.1) is 5.92 Å². The number of hydrazone groups is 1. The van der Waals surface area contributed by atoms with E-state index in [4.69, 9.17) is 0 Å². The molecule has 0 heterocycles. The fourth-order valence-corrected chi connectivity index (χ4v) is 1.57. The average Bonchev–Trinajstić information content (AvgIpc) is 2.52. The van der Waals surface area contributed by atoms with Crippen molar-refractivity contribution in [2.24, 2.45) is 11.0 Å². The maximum Gasteiger partial charge on any atom is 0.337 e. The minimum Gasteiger partial charge on any atom is -0.465 e. The number of nitrogens with one attached hydrogen (secondary N) is 2. The van der Waals surface area contributed by atoms with Crippen LogP contribution in [-0.4, -0.2) is 37.7 Å². The third kappa shape index (κ3) is 7.21. The Morgan fingerprint density at radius 3 is 2.39 bits per heavy atom. The van der Waals surface area contributed by atoms with Crippen molar-refractivity contribution in [1.82, 2.24) is 10.7 Å². The minimum absolute atomic E-state index is 0.272. The molecule has 7 heteroatoms. The van der Waals surface area contributed by atoms with E-state index in [1.165, 1.54) is 13.3 Å². The lowest BCUT2D eigenvalue weighted by Crippen LogP contribution is -2.32. The summed E-state index contributed by atoms with van der Waals surface area (Å²) in [4.78, 5) is 34.3. The van der Waals surface area contributed by atoms with Crippen molar-refractivity contribution >= 4 is 24.0 Å². The van der Waals surface area contributed by atoms with Crippen molar-refractivity contribution in [3.63, 3.8) is 0 Å². The zero-order valence-electron chi connectivity index (χ0n) is 13.5. The van der Waals surface area contributed by atoms with Gasteiger partial charge in [-0.15, -0.1) is 0 Å². The summed E-state index contributed by atoms with van der Waals surface area (Å²) in [5.74, 6) is -0.926. The topological polar surface area (TPSA) is 96.9 Å². The molecule has 0 bridgehead atoms. The summed E-state index contributed by atoms with van der Waals surface area (Å²) in [5, 5.41) is 6.41. The fraction of sp³-hybridized carbons (Fsp3) is 0.375. The number of amides is 2. The fourth-order valence-electron chi connectivity index (χ4n) is 1.57. The normalized spacial score (nSPS) is 10.6. The van der Waals surface area contributed by atoms with Crippen molar-refractivity contribution in [2.45, 2.75) is 20.3 Å². The highest BCUT2D eigenvalue weighted by Gasteiger charge is 2.08. The number of carbonyl (C=O) groups excluding carboxylic acids is 3. The first-order valence-corrected chi connectivity index (χ1v) is 7.19. The number of rotatable bonds is 7. The monoisotopic (exact) mass is 319 g/mol. The number of nitrogens with zero attached hydrogens (tertiary/aromatic N) is 1. The molecule has 1 rings (SSSR count). The molecule has 124 valence electrons. The van der Waals surface area contributed by atoms with Crippen LogP contribution in [0.1, 0.15) is 36.2 Å². The molecule has 0 atom stereocenters. The third-order valence-corrected chi connectivity index (χ3v) is 2.76. The van der Waals surface area contributed by atoms with Gasteiger partial charge in [-0.25, -0.2) is 10.2 Å². The van der Waals surface area contributed by atoms with Gasteiger partial charge in [-0.05, 0) is 23.6 Å². The van der Waals surface area contributed by atoms with Gasteiger partial charge in [0.15, 0.2) is 0 Å². The lowest BCUT2D eigenvalue weighted by molar-refractivity contribution is -0.129. The standard InChI is InChI=1S/C16H21N3O4/c1-11(2)9-17-14(20)8-15(21)19-18-10-12-4-6-13(7-5-12)16(22)23-3/h4-7,10-11H,8-9H2,1-3H3,(H,17,20)(H,19,21). The molecule has 0 radical (unpaired) electrons. The van der Waals surface area contributed by atoms with Crippen LogP contribution in [0.5, 0.6) is 0 Å². The highest BCUT2D eigenvalue weighted by molar-refractivity contribution is 5.97. The minimum atomic E-state index is -0.492. The highest BCUT2D eigenvalue weighted by Crippen LogP contribution is 2.03. The number of carbonyl (C=O) groups is 3. The maximum atomic E-state index is 11.5. The first kappa shape index (κ1) is 18.3. The first-order valence-electron chi connectivity index (χ1n) is 7.19. The maximum absolute atomic E-state index is 11.5. The Kier molecular flexibility index (Phi) is 7.45. The van der Waals surface area contributed by atoms with Gasteiger partial charge in [-0.1, -0.05) is 26.0 Å². The number of methoxy groups -OCH3 is 1. The number of hydrogen-bond donors (Lipinski definition) is 2. The number of benzene rings is 1. The second-order valence-electron chi connectivity index (χ2n) is 5.28. The molecule has 0 fully saturated rings. The van der Waals surface area contributed by atoms with Crippen molar-refractivity contribution < 1.29 is 19.1 Å². The first-order chi connectivity index (χ1) is 10.9. The van der Waals surface area contributed by atoms with Crippen molar-refractivity contribution in [3.8, 4) is 0 Å². The van der Waals surface area contributed by atoms with Crippen molar-refractivity contribution in [1.29, 1.82) is 0 Å². The van der Waals surface area contributed by atoms with E-state index < -0.39 is 11.9 Å². The summed E-state index contributed by atoms with van der Waals surface area (Å²) in [5.41, 5.74) is 3.40. The van der Waals surface area contributed by atoms with Gasteiger partial charge in [-0.3, -0.25) is 9.59 Å². The molecule has 23 heavy (non-hydrogen) atoms. The van der Waals surface area contributed by atoms with Crippen LogP contribution in [0.4, 0.5) is 0 Å². The van der Waals surface area contributed by atoms with E-state index in [0.29, 0.717) is 23.6 Å². The molecule has 2 N–H and O–H groups in total. The van der Waals surface area contributed by atoms with E-state index in [9.17, 15) is 14.4 Å². The molecular formula is C16H21N3O4. The Balaban J connectivity index is 2.41. The molecule has 0 spiro atoms. The summed E-state index contributed by atoms with van der Waals surface area (Å²) in [6.07, 6.45) is 1.15. The van der Waals surface area contributed by atoms with Gasteiger partial charge < -0.3 is 10.1 Å². The Hall–Kier alpha value is -2.70. The smallest absolute Gasteiger partial charge is 0.337 e. The van der Waals surface area contributed by atoms with Crippen LogP contribution in [0.3, 0.4) is 0 Å². The molecule has 0 aliphatic heterocycles. The van der Waals surface area contributed by atoms with Crippen LogP contribution in [0.15, 0.2) is 29.4 Å². The molecule has 1 aromatic rings. The van der Waals surface area contributed by atoms with E-state index in [2.05, 4.69) is 20.6 Å². The number of hydrogen-bond acceptors (Lipinski definition) is 5. The Labute approximate surface area is 135 Å². The summed E-state index contributed by atoms with van der Waals surface area (Å²) in [6, 6.07) is 6.51. The number of esters is 1. The molecule has 0 aliphatic rings. The summed E-state index contributed by atoms with van der Waals surface area (Å²) in [6.45, 7) is 4.47. The SMILES string of the molecule is COC(=O)c1ccc(C=NNC(=O)CC(=O)NCC(C)C)cc1. The Morgan fingerprint density at radius 2 is 1.83 bits per heavy atom. The van der Waals surface area contributed by atoms with E-state index >= 15 is 0 Å². The quantitative estimate of drug-likeness (QED) is 0.340. The molecule has 0 saturated heterocycles. The summed E-state index contributed by atoms with van der Waals surface area (Å²) < 4.78 is 4.59. The van der Waals surface area contributed by atoms with Crippen LogP contribution in [-0.2, 0) is 14.3 Å². The molecule has 1 aromatic carbocycles. The van der Waals surface area contributed by atoms with Gasteiger partial charge >= 0.3 is 5.97 Å². The van der Waals surface area contributed by atoms with Crippen molar-refractivity contribution in [3.05, 3.63) is 35.4 Å². The van der Waals surface area contributed by atoms with Gasteiger partial charge in [0.2, 0.25) is 11.8 Å². The second kappa shape index (κ2) is 9.34. The zero-order chi connectivity index (χ0) is 17.2.